The summed E-state index contributed by atoms with van der Waals surface area (Å²) in [5, 5.41) is 0. The second-order valence-electron chi connectivity index (χ2n) is 3.98. The molecule has 0 heterocycles. The first-order chi connectivity index (χ1) is 5.24. The standard InChI is InChI=1S/C11H20/c1-4-10-5-7-11(8-6-10)9(2)3/h7,9-10H,4-6,8H2,1-3H3/t10-/m1/s1. The zero-order valence-electron chi connectivity index (χ0n) is 8.06. The Kier molecular flexibility index (Phi) is 3.16. The highest BCUT2D eigenvalue weighted by Gasteiger charge is 2.13. The summed E-state index contributed by atoms with van der Waals surface area (Å²) in [5.41, 5.74) is 1.69. The van der Waals surface area contributed by atoms with Crippen LogP contribution in [0.4, 0.5) is 0 Å². The van der Waals surface area contributed by atoms with Crippen LogP contribution < -0.4 is 0 Å². The van der Waals surface area contributed by atoms with Crippen molar-refractivity contribution < 1.29 is 0 Å². The Labute approximate surface area is 70.7 Å². The molecule has 64 valence electrons. The topological polar surface area (TPSA) is 0 Å². The number of rotatable bonds is 2. The number of allylic oxidation sites excluding steroid dienone is 2. The summed E-state index contributed by atoms with van der Waals surface area (Å²) in [6.07, 6.45) is 7.96. The van der Waals surface area contributed by atoms with E-state index in [9.17, 15) is 0 Å². The van der Waals surface area contributed by atoms with E-state index in [-0.39, 0.29) is 0 Å². The Bertz CT molecular complexity index is 142. The van der Waals surface area contributed by atoms with Crippen LogP contribution in [0, 0.1) is 11.8 Å². The van der Waals surface area contributed by atoms with E-state index < -0.39 is 0 Å². The Hall–Kier alpha value is -0.260. The van der Waals surface area contributed by atoms with Crippen LogP contribution in [0.15, 0.2) is 11.6 Å². The van der Waals surface area contributed by atoms with Gasteiger partial charge in [0.25, 0.3) is 0 Å². The maximum atomic E-state index is 2.47. The van der Waals surface area contributed by atoms with E-state index in [2.05, 4.69) is 26.8 Å². The molecule has 0 spiro atoms. The van der Waals surface area contributed by atoms with Gasteiger partial charge in [0.1, 0.15) is 0 Å². The van der Waals surface area contributed by atoms with Gasteiger partial charge < -0.3 is 0 Å². The maximum Gasteiger partial charge on any atom is -0.0260 e. The summed E-state index contributed by atoms with van der Waals surface area (Å²) in [6.45, 7) is 6.91. The molecule has 0 fully saturated rings. The number of hydrogen-bond donors (Lipinski definition) is 0. The van der Waals surface area contributed by atoms with Crippen molar-refractivity contribution >= 4 is 0 Å². The zero-order valence-corrected chi connectivity index (χ0v) is 8.06. The first-order valence-electron chi connectivity index (χ1n) is 4.93. The van der Waals surface area contributed by atoms with Crippen molar-refractivity contribution in [1.29, 1.82) is 0 Å². The Morgan fingerprint density at radius 3 is 2.64 bits per heavy atom. The molecule has 1 aliphatic carbocycles. The van der Waals surface area contributed by atoms with Crippen LogP contribution in [-0.2, 0) is 0 Å². The average Bonchev–Trinajstić information content (AvgIpc) is 2.05. The van der Waals surface area contributed by atoms with Gasteiger partial charge in [0.2, 0.25) is 0 Å². The molecule has 0 heteroatoms. The fourth-order valence-corrected chi connectivity index (χ4v) is 1.80. The highest BCUT2D eigenvalue weighted by molar-refractivity contribution is 5.08. The molecular weight excluding hydrogens is 132 g/mol. The lowest BCUT2D eigenvalue weighted by molar-refractivity contribution is 0.441. The minimum absolute atomic E-state index is 0.785. The quantitative estimate of drug-likeness (QED) is 0.528. The van der Waals surface area contributed by atoms with Gasteiger partial charge in [-0.3, -0.25) is 0 Å². The predicted molar refractivity (Wildman–Crippen MR) is 50.6 cm³/mol. The van der Waals surface area contributed by atoms with Crippen molar-refractivity contribution in [2.24, 2.45) is 11.8 Å². The molecule has 0 bridgehead atoms. The van der Waals surface area contributed by atoms with Crippen molar-refractivity contribution in [2.45, 2.75) is 46.5 Å². The SMILES string of the molecule is CC[C@@H]1CC=C(C(C)C)CC1. The van der Waals surface area contributed by atoms with Gasteiger partial charge in [0.15, 0.2) is 0 Å². The summed E-state index contributed by atoms with van der Waals surface area (Å²) >= 11 is 0. The van der Waals surface area contributed by atoms with Crippen LogP contribution >= 0.6 is 0 Å². The molecule has 0 unspecified atom stereocenters. The van der Waals surface area contributed by atoms with Gasteiger partial charge in [0, 0.05) is 0 Å². The third-order valence-corrected chi connectivity index (χ3v) is 2.87. The fourth-order valence-electron chi connectivity index (χ4n) is 1.80. The molecule has 0 aliphatic heterocycles. The van der Waals surface area contributed by atoms with Crippen molar-refractivity contribution in [1.82, 2.24) is 0 Å². The largest absolute Gasteiger partial charge is 0.0848 e. The van der Waals surface area contributed by atoms with E-state index in [4.69, 9.17) is 0 Å². The first kappa shape index (κ1) is 8.83. The molecule has 0 aromatic carbocycles. The lowest BCUT2D eigenvalue weighted by atomic mass is 9.84. The monoisotopic (exact) mass is 152 g/mol. The molecule has 0 amide bonds. The second-order valence-corrected chi connectivity index (χ2v) is 3.98. The minimum atomic E-state index is 0.785. The molecular formula is C11H20. The third kappa shape index (κ3) is 2.36. The van der Waals surface area contributed by atoms with Crippen molar-refractivity contribution in [3.05, 3.63) is 11.6 Å². The van der Waals surface area contributed by atoms with Gasteiger partial charge in [-0.05, 0) is 31.1 Å². The molecule has 0 aromatic rings. The lowest BCUT2D eigenvalue weighted by Gasteiger charge is -2.22. The average molecular weight is 152 g/mol. The van der Waals surface area contributed by atoms with Gasteiger partial charge in [-0.2, -0.15) is 0 Å². The molecule has 0 nitrogen and oxygen atoms in total. The van der Waals surface area contributed by atoms with E-state index in [1.807, 2.05) is 0 Å². The summed E-state index contributed by atoms with van der Waals surface area (Å²) in [6, 6.07) is 0. The van der Waals surface area contributed by atoms with Crippen LogP contribution in [0.3, 0.4) is 0 Å². The highest BCUT2D eigenvalue weighted by Crippen LogP contribution is 2.29. The van der Waals surface area contributed by atoms with Gasteiger partial charge in [0.05, 0.1) is 0 Å². The van der Waals surface area contributed by atoms with E-state index in [1.54, 1.807) is 5.57 Å². The molecule has 0 saturated heterocycles. The summed E-state index contributed by atoms with van der Waals surface area (Å²) in [7, 11) is 0. The molecule has 0 saturated carbocycles. The van der Waals surface area contributed by atoms with E-state index >= 15 is 0 Å². The van der Waals surface area contributed by atoms with Gasteiger partial charge >= 0.3 is 0 Å². The molecule has 0 N–H and O–H groups in total. The normalized spacial score (nSPS) is 25.5. The van der Waals surface area contributed by atoms with Gasteiger partial charge in [-0.15, -0.1) is 0 Å². The van der Waals surface area contributed by atoms with E-state index in [0.29, 0.717) is 0 Å². The first-order valence-corrected chi connectivity index (χ1v) is 4.93. The smallest absolute Gasteiger partial charge is 0.0260 e. The third-order valence-electron chi connectivity index (χ3n) is 2.87. The Balaban J connectivity index is 2.44. The minimum Gasteiger partial charge on any atom is -0.0848 e. The van der Waals surface area contributed by atoms with Crippen molar-refractivity contribution in [3.63, 3.8) is 0 Å². The van der Waals surface area contributed by atoms with Crippen LogP contribution in [0.5, 0.6) is 0 Å². The molecule has 1 aliphatic rings. The zero-order chi connectivity index (χ0) is 8.27. The highest BCUT2D eigenvalue weighted by atomic mass is 14.2. The fraction of sp³-hybridized carbons (Fsp3) is 0.818. The Morgan fingerprint density at radius 2 is 2.27 bits per heavy atom. The van der Waals surface area contributed by atoms with Crippen molar-refractivity contribution in [2.75, 3.05) is 0 Å². The lowest BCUT2D eigenvalue weighted by Crippen LogP contribution is -2.07. The van der Waals surface area contributed by atoms with Gasteiger partial charge in [-0.1, -0.05) is 38.8 Å². The molecule has 0 aromatic heterocycles. The Morgan fingerprint density at radius 1 is 1.55 bits per heavy atom. The molecule has 0 radical (unpaired) electrons. The number of hydrogen-bond acceptors (Lipinski definition) is 0. The maximum absolute atomic E-state index is 2.47. The van der Waals surface area contributed by atoms with E-state index in [0.717, 1.165) is 11.8 Å². The van der Waals surface area contributed by atoms with Crippen LogP contribution in [-0.4, -0.2) is 0 Å². The molecule has 1 rings (SSSR count). The molecule has 1 atom stereocenters. The van der Waals surface area contributed by atoms with Crippen LogP contribution in [0.1, 0.15) is 46.5 Å². The van der Waals surface area contributed by atoms with E-state index in [1.165, 1.54) is 25.7 Å². The summed E-state index contributed by atoms with van der Waals surface area (Å²) in [4.78, 5) is 0. The van der Waals surface area contributed by atoms with Crippen LogP contribution in [0.25, 0.3) is 0 Å². The summed E-state index contributed by atoms with van der Waals surface area (Å²) in [5.74, 6) is 1.77. The second kappa shape index (κ2) is 3.94. The molecule has 11 heavy (non-hydrogen) atoms. The predicted octanol–water partition coefficient (Wildman–Crippen LogP) is 3.78. The van der Waals surface area contributed by atoms with Gasteiger partial charge in [-0.25, -0.2) is 0 Å². The van der Waals surface area contributed by atoms with Crippen LogP contribution in [0.2, 0.25) is 0 Å². The summed E-state index contributed by atoms with van der Waals surface area (Å²) < 4.78 is 0. The van der Waals surface area contributed by atoms with Crippen molar-refractivity contribution in [3.8, 4) is 0 Å².